The smallest absolute Gasteiger partial charge is 0.475 e. The SMILES string of the molecule is CS(=O)(=O)N1CCC2(c3ccccc3)CCN(Cc3ccsc3)CC12.O=C(O)C(F)(F)F. The molecule has 0 aliphatic carbocycles. The fourth-order valence-corrected chi connectivity index (χ4v) is 6.40. The minimum atomic E-state index is -5.08. The number of nitrogens with zero attached hydrogens (tertiary/aromatic N) is 2. The Bertz CT molecular complexity index is 1010. The van der Waals surface area contributed by atoms with Crippen LogP contribution in [-0.2, 0) is 26.8 Å². The molecule has 2 aromatic rings. The van der Waals surface area contributed by atoms with Crippen LogP contribution in [0.25, 0.3) is 0 Å². The van der Waals surface area contributed by atoms with Crippen molar-refractivity contribution in [3.05, 3.63) is 58.3 Å². The van der Waals surface area contributed by atoms with Crippen LogP contribution in [0.2, 0.25) is 0 Å². The summed E-state index contributed by atoms with van der Waals surface area (Å²) in [6.45, 7) is 3.35. The van der Waals surface area contributed by atoms with Gasteiger partial charge in [0, 0.05) is 31.1 Å². The van der Waals surface area contributed by atoms with Crippen molar-refractivity contribution in [2.75, 3.05) is 25.9 Å². The molecule has 2 aliphatic heterocycles. The topological polar surface area (TPSA) is 77.9 Å². The monoisotopic (exact) mass is 490 g/mol. The molecule has 32 heavy (non-hydrogen) atoms. The second-order valence-corrected chi connectivity index (χ2v) is 10.8. The standard InChI is InChI=1S/C19H24N2O2S2.C2HF3O2/c1-25(22,23)21-11-9-19(17-5-3-2-4-6-17)8-10-20(14-18(19)21)13-16-7-12-24-15-16;3-2(4,5)1(6)7/h2-7,12,15,18H,8-11,13-14H2,1H3;(H,6,7). The average molecular weight is 491 g/mol. The van der Waals surface area contributed by atoms with E-state index in [2.05, 4.69) is 46.0 Å². The van der Waals surface area contributed by atoms with E-state index in [0.717, 1.165) is 32.5 Å². The first-order valence-electron chi connectivity index (χ1n) is 9.99. The maximum absolute atomic E-state index is 12.4. The molecule has 2 aliphatic rings. The van der Waals surface area contributed by atoms with Crippen LogP contribution in [0.4, 0.5) is 13.2 Å². The van der Waals surface area contributed by atoms with E-state index in [1.165, 1.54) is 17.4 Å². The lowest BCUT2D eigenvalue weighted by molar-refractivity contribution is -0.192. The molecule has 0 amide bonds. The summed E-state index contributed by atoms with van der Waals surface area (Å²) in [6, 6.07) is 12.7. The predicted molar refractivity (Wildman–Crippen MR) is 116 cm³/mol. The summed E-state index contributed by atoms with van der Waals surface area (Å²) < 4.78 is 58.3. The molecule has 0 spiro atoms. The summed E-state index contributed by atoms with van der Waals surface area (Å²) in [5.41, 5.74) is 2.57. The van der Waals surface area contributed by atoms with Crippen molar-refractivity contribution < 1.29 is 31.5 Å². The lowest BCUT2D eigenvalue weighted by atomic mass is 9.69. The fraction of sp³-hybridized carbons (Fsp3) is 0.476. The lowest BCUT2D eigenvalue weighted by Crippen LogP contribution is -2.56. The number of piperidine rings is 1. The Morgan fingerprint density at radius 2 is 1.81 bits per heavy atom. The van der Waals surface area contributed by atoms with Gasteiger partial charge in [0.25, 0.3) is 0 Å². The number of rotatable bonds is 4. The molecule has 2 fully saturated rings. The maximum Gasteiger partial charge on any atom is 0.490 e. The van der Waals surface area contributed by atoms with Crippen LogP contribution in [0.5, 0.6) is 0 Å². The molecule has 6 nitrogen and oxygen atoms in total. The van der Waals surface area contributed by atoms with Crippen LogP contribution in [-0.4, -0.2) is 66.8 Å². The first-order chi connectivity index (χ1) is 14.9. The van der Waals surface area contributed by atoms with Gasteiger partial charge in [0.2, 0.25) is 10.0 Å². The fourth-order valence-electron chi connectivity index (χ4n) is 4.59. The third-order valence-electron chi connectivity index (χ3n) is 6.07. The molecule has 176 valence electrons. The van der Waals surface area contributed by atoms with Gasteiger partial charge in [0.15, 0.2) is 0 Å². The zero-order valence-corrected chi connectivity index (χ0v) is 19.1. The van der Waals surface area contributed by atoms with Gasteiger partial charge in [-0.25, -0.2) is 13.2 Å². The van der Waals surface area contributed by atoms with Crippen molar-refractivity contribution in [1.82, 2.24) is 9.21 Å². The summed E-state index contributed by atoms with van der Waals surface area (Å²) in [5, 5.41) is 11.4. The summed E-state index contributed by atoms with van der Waals surface area (Å²) in [6.07, 6.45) is -1.80. The van der Waals surface area contributed by atoms with Gasteiger partial charge in [-0.2, -0.15) is 28.8 Å². The molecule has 4 rings (SSSR count). The van der Waals surface area contributed by atoms with Crippen LogP contribution >= 0.6 is 11.3 Å². The third kappa shape index (κ3) is 5.51. The quantitative estimate of drug-likeness (QED) is 0.709. The summed E-state index contributed by atoms with van der Waals surface area (Å²) in [5.74, 6) is -2.76. The van der Waals surface area contributed by atoms with E-state index < -0.39 is 22.2 Å². The van der Waals surface area contributed by atoms with Crippen LogP contribution < -0.4 is 0 Å². The number of likely N-dealkylation sites (tertiary alicyclic amines) is 1. The van der Waals surface area contributed by atoms with Crippen LogP contribution in [0.1, 0.15) is 24.0 Å². The van der Waals surface area contributed by atoms with Crippen molar-refractivity contribution in [2.24, 2.45) is 0 Å². The summed E-state index contributed by atoms with van der Waals surface area (Å²) in [4.78, 5) is 11.3. The van der Waals surface area contributed by atoms with Gasteiger partial charge in [0.1, 0.15) is 0 Å². The van der Waals surface area contributed by atoms with Crippen molar-refractivity contribution in [3.63, 3.8) is 0 Å². The minimum Gasteiger partial charge on any atom is -0.475 e. The first kappa shape index (κ1) is 24.7. The minimum absolute atomic E-state index is 0.0253. The number of benzene rings is 1. The molecule has 1 aromatic carbocycles. The highest BCUT2D eigenvalue weighted by molar-refractivity contribution is 7.88. The number of carbonyl (C=O) groups is 1. The zero-order valence-electron chi connectivity index (χ0n) is 17.5. The molecule has 0 radical (unpaired) electrons. The second kappa shape index (κ2) is 9.50. The molecule has 2 unspecified atom stereocenters. The highest BCUT2D eigenvalue weighted by Crippen LogP contribution is 2.46. The van der Waals surface area contributed by atoms with Gasteiger partial charge in [-0.3, -0.25) is 4.90 Å². The Kier molecular flexibility index (Phi) is 7.33. The number of halogens is 3. The van der Waals surface area contributed by atoms with Gasteiger partial charge in [-0.15, -0.1) is 0 Å². The maximum atomic E-state index is 12.4. The molecule has 2 atom stereocenters. The van der Waals surface area contributed by atoms with E-state index in [1.54, 1.807) is 15.6 Å². The molecule has 1 N–H and O–H groups in total. The largest absolute Gasteiger partial charge is 0.490 e. The highest BCUT2D eigenvalue weighted by atomic mass is 32.2. The van der Waals surface area contributed by atoms with Crippen molar-refractivity contribution in [2.45, 2.75) is 37.0 Å². The number of alkyl halides is 3. The average Bonchev–Trinajstić information content (AvgIpc) is 3.36. The Hall–Kier alpha value is -1.95. The van der Waals surface area contributed by atoms with E-state index in [4.69, 9.17) is 9.90 Å². The highest BCUT2D eigenvalue weighted by Gasteiger charge is 2.53. The first-order valence-corrected chi connectivity index (χ1v) is 12.8. The Morgan fingerprint density at radius 3 is 2.34 bits per heavy atom. The van der Waals surface area contributed by atoms with Gasteiger partial charge in [-0.05, 0) is 47.3 Å². The van der Waals surface area contributed by atoms with Gasteiger partial charge >= 0.3 is 12.1 Å². The number of hydrogen-bond acceptors (Lipinski definition) is 5. The number of aliphatic carboxylic acids is 1. The van der Waals surface area contributed by atoms with Crippen LogP contribution in [0.3, 0.4) is 0 Å². The Labute approximate surface area is 189 Å². The second-order valence-electron chi connectivity index (χ2n) is 8.08. The van der Waals surface area contributed by atoms with E-state index in [9.17, 15) is 21.6 Å². The molecule has 1 aromatic heterocycles. The molecule has 11 heteroatoms. The normalized spacial score (nSPS) is 24.4. The number of carboxylic acid groups (broad SMARTS) is 1. The van der Waals surface area contributed by atoms with E-state index in [1.807, 2.05) is 6.07 Å². The Morgan fingerprint density at radius 1 is 1.19 bits per heavy atom. The Balaban J connectivity index is 0.000000360. The van der Waals surface area contributed by atoms with E-state index in [-0.39, 0.29) is 11.5 Å². The van der Waals surface area contributed by atoms with Crippen molar-refractivity contribution >= 4 is 27.3 Å². The van der Waals surface area contributed by atoms with Gasteiger partial charge in [-0.1, -0.05) is 30.3 Å². The number of thiophene rings is 1. The molecule has 0 bridgehead atoms. The molecular formula is C21H25F3N2O4S2. The van der Waals surface area contributed by atoms with Crippen molar-refractivity contribution in [3.8, 4) is 0 Å². The summed E-state index contributed by atoms with van der Waals surface area (Å²) in [7, 11) is -3.20. The molecule has 2 saturated heterocycles. The predicted octanol–water partition coefficient (Wildman–Crippen LogP) is 3.56. The van der Waals surface area contributed by atoms with E-state index in [0.29, 0.717) is 6.54 Å². The zero-order chi connectivity index (χ0) is 23.6. The molecular weight excluding hydrogens is 465 g/mol. The number of hydrogen-bond donors (Lipinski definition) is 1. The number of sulfonamides is 1. The summed E-state index contributed by atoms with van der Waals surface area (Å²) >= 11 is 1.72. The van der Waals surface area contributed by atoms with Crippen LogP contribution in [0, 0.1) is 0 Å². The third-order valence-corrected chi connectivity index (χ3v) is 8.09. The lowest BCUT2D eigenvalue weighted by Gasteiger charge is -2.46. The van der Waals surface area contributed by atoms with E-state index >= 15 is 0 Å². The molecule has 3 heterocycles. The van der Waals surface area contributed by atoms with Gasteiger partial charge < -0.3 is 5.11 Å². The van der Waals surface area contributed by atoms with Crippen molar-refractivity contribution in [1.29, 1.82) is 0 Å². The van der Waals surface area contributed by atoms with Crippen LogP contribution in [0.15, 0.2) is 47.2 Å². The van der Waals surface area contributed by atoms with Gasteiger partial charge in [0.05, 0.1) is 6.26 Å². The molecule has 0 saturated carbocycles. The number of fused-ring (bicyclic) bond motifs is 1. The number of carboxylic acids is 1.